The molecule has 0 saturated carbocycles. The molecule has 0 saturated heterocycles. The lowest BCUT2D eigenvalue weighted by Gasteiger charge is -2.17. The van der Waals surface area contributed by atoms with E-state index < -0.39 is 0 Å². The minimum Gasteiger partial charge on any atom is -0.252 e. The summed E-state index contributed by atoms with van der Waals surface area (Å²) in [6, 6.07) is 66.6. The predicted octanol–water partition coefficient (Wildman–Crippen LogP) is 16.4. The van der Waals surface area contributed by atoms with Crippen molar-refractivity contribution in [2.24, 2.45) is 0 Å². The molecule has 62 heavy (non-hydrogen) atoms. The summed E-state index contributed by atoms with van der Waals surface area (Å²) in [6.45, 7) is 2.19. The lowest BCUT2D eigenvalue weighted by atomic mass is 9.90. The van der Waals surface area contributed by atoms with E-state index in [4.69, 9.17) is 9.97 Å². The third-order valence-electron chi connectivity index (χ3n) is 12.7. The van der Waals surface area contributed by atoms with E-state index >= 15 is 0 Å². The summed E-state index contributed by atoms with van der Waals surface area (Å²) in [6.07, 6.45) is 8.55. The molecule has 0 radical (unpaired) electrons. The van der Waals surface area contributed by atoms with Gasteiger partial charge in [0.05, 0.1) is 22.9 Å². The monoisotopic (exact) mass is 808 g/mol. The molecular formula is C59H40N2S. The fourth-order valence-electron chi connectivity index (χ4n) is 9.59. The first-order chi connectivity index (χ1) is 30.6. The Balaban J connectivity index is 1.03. The Hall–Kier alpha value is -7.46. The summed E-state index contributed by atoms with van der Waals surface area (Å²) in [7, 11) is 0. The smallest absolute Gasteiger partial charge is 0.0979 e. The van der Waals surface area contributed by atoms with Gasteiger partial charge in [-0.15, -0.1) is 11.3 Å². The van der Waals surface area contributed by atoms with Crippen LogP contribution in [0.3, 0.4) is 0 Å². The third kappa shape index (κ3) is 6.24. The Morgan fingerprint density at radius 2 is 1.08 bits per heavy atom. The van der Waals surface area contributed by atoms with E-state index in [0.29, 0.717) is 0 Å². The van der Waals surface area contributed by atoms with Crippen molar-refractivity contribution in [3.05, 3.63) is 211 Å². The van der Waals surface area contributed by atoms with E-state index in [-0.39, 0.29) is 0 Å². The molecule has 0 unspecified atom stereocenters. The lowest BCUT2D eigenvalue weighted by Crippen LogP contribution is -2.00. The molecule has 11 aromatic rings. The van der Waals surface area contributed by atoms with E-state index in [2.05, 4.69) is 201 Å². The molecule has 0 spiro atoms. The van der Waals surface area contributed by atoms with Gasteiger partial charge in [0, 0.05) is 42.2 Å². The standard InChI is InChI=1S/C59H40N2S/c1-37-14-5-6-23-47(37)43-20-12-18-40(31-43)42-28-29-56-53(33-42)54-35-46(41-19-11-17-39(30-41)38-15-3-2-4-16-38)34-52(59(54)62-56)44-21-13-22-45(32-44)55-36-60-57-50-26-9-7-24-48(50)49-25-8-10-27-51(49)58(57)61-55/h2-6,8-23,25-36H,7,24H2,1H3. The fraction of sp³-hybridized carbons (Fsp3) is 0.0508. The van der Waals surface area contributed by atoms with Crippen molar-refractivity contribution in [2.45, 2.75) is 19.8 Å². The zero-order valence-electron chi connectivity index (χ0n) is 34.3. The van der Waals surface area contributed by atoms with E-state index in [0.717, 1.165) is 40.7 Å². The van der Waals surface area contributed by atoms with Crippen molar-refractivity contribution in [3.8, 4) is 66.9 Å². The first-order valence-corrected chi connectivity index (χ1v) is 22.2. The Morgan fingerprint density at radius 3 is 1.92 bits per heavy atom. The first-order valence-electron chi connectivity index (χ1n) is 21.4. The van der Waals surface area contributed by atoms with Crippen LogP contribution in [-0.2, 0) is 6.42 Å². The molecule has 3 heteroatoms. The Morgan fingerprint density at radius 1 is 0.452 bits per heavy atom. The zero-order chi connectivity index (χ0) is 41.1. The van der Waals surface area contributed by atoms with Crippen LogP contribution in [0.5, 0.6) is 0 Å². The lowest BCUT2D eigenvalue weighted by molar-refractivity contribution is 0.998. The average molecular weight is 809 g/mol. The van der Waals surface area contributed by atoms with Crippen LogP contribution < -0.4 is 0 Å². The number of hydrogen-bond donors (Lipinski definition) is 0. The Bertz CT molecular complexity index is 3590. The van der Waals surface area contributed by atoms with Crippen LogP contribution in [0.25, 0.3) is 115 Å². The molecule has 1 aliphatic carbocycles. The molecule has 2 heterocycles. The molecule has 2 nitrogen and oxygen atoms in total. The molecule has 0 atom stereocenters. The zero-order valence-corrected chi connectivity index (χ0v) is 35.1. The van der Waals surface area contributed by atoms with Crippen molar-refractivity contribution in [3.63, 3.8) is 0 Å². The molecule has 0 fully saturated rings. The van der Waals surface area contributed by atoms with Gasteiger partial charge in [0.1, 0.15) is 0 Å². The summed E-state index contributed by atoms with van der Waals surface area (Å²) in [4.78, 5) is 10.5. The molecule has 0 bridgehead atoms. The SMILES string of the molecule is Cc1ccccc1-c1cccc(-c2ccc3sc4c(-c5cccc(-c6cnc7c8c(c9ccccc9c7n6)CCC=C8)c5)cc(-c5cccc(-c6ccccc6)c5)cc4c3c2)c1. The maximum atomic E-state index is 5.39. The molecular weight excluding hydrogens is 769 g/mol. The van der Waals surface area contributed by atoms with Gasteiger partial charge in [-0.25, -0.2) is 4.98 Å². The van der Waals surface area contributed by atoms with Gasteiger partial charge >= 0.3 is 0 Å². The van der Waals surface area contributed by atoms with E-state index in [9.17, 15) is 0 Å². The number of nitrogens with zero attached hydrogens (tertiary/aromatic N) is 2. The van der Waals surface area contributed by atoms with Gasteiger partial charge in [-0.3, -0.25) is 4.98 Å². The maximum Gasteiger partial charge on any atom is 0.0979 e. The fourth-order valence-corrected chi connectivity index (χ4v) is 10.8. The highest BCUT2D eigenvalue weighted by molar-refractivity contribution is 7.26. The molecule has 9 aromatic carbocycles. The maximum absolute atomic E-state index is 5.39. The highest BCUT2D eigenvalue weighted by Gasteiger charge is 2.19. The number of fused-ring (bicyclic) bond motifs is 9. The van der Waals surface area contributed by atoms with Gasteiger partial charge in [0.2, 0.25) is 0 Å². The second kappa shape index (κ2) is 14.9. The summed E-state index contributed by atoms with van der Waals surface area (Å²) in [5.41, 5.74) is 19.8. The van der Waals surface area contributed by atoms with Gasteiger partial charge in [-0.1, -0.05) is 152 Å². The number of benzene rings is 9. The van der Waals surface area contributed by atoms with Crippen molar-refractivity contribution < 1.29 is 0 Å². The number of aryl methyl sites for hydroxylation is 2. The Labute approximate surface area is 365 Å². The van der Waals surface area contributed by atoms with Crippen molar-refractivity contribution in [1.29, 1.82) is 0 Å². The largest absolute Gasteiger partial charge is 0.252 e. The molecule has 0 N–H and O–H groups in total. The van der Waals surface area contributed by atoms with Gasteiger partial charge in [0.25, 0.3) is 0 Å². The molecule has 2 aromatic heterocycles. The van der Waals surface area contributed by atoms with Crippen LogP contribution in [0.1, 0.15) is 23.1 Å². The molecule has 1 aliphatic rings. The van der Waals surface area contributed by atoms with E-state index in [1.807, 2.05) is 17.5 Å². The van der Waals surface area contributed by atoms with Gasteiger partial charge in [-0.05, 0) is 129 Å². The summed E-state index contributed by atoms with van der Waals surface area (Å²) in [5, 5.41) is 4.98. The Kier molecular flexibility index (Phi) is 8.76. The summed E-state index contributed by atoms with van der Waals surface area (Å²) < 4.78 is 2.55. The highest BCUT2D eigenvalue weighted by Crippen LogP contribution is 2.45. The molecule has 292 valence electrons. The summed E-state index contributed by atoms with van der Waals surface area (Å²) in [5.74, 6) is 0. The molecule has 12 rings (SSSR count). The first kappa shape index (κ1) is 36.4. The van der Waals surface area contributed by atoms with Crippen LogP contribution in [0, 0.1) is 6.92 Å². The summed E-state index contributed by atoms with van der Waals surface area (Å²) >= 11 is 1.88. The minimum absolute atomic E-state index is 0.876. The topological polar surface area (TPSA) is 25.8 Å². The van der Waals surface area contributed by atoms with Crippen LogP contribution in [0.4, 0.5) is 0 Å². The molecule has 0 aliphatic heterocycles. The quantitative estimate of drug-likeness (QED) is 0.156. The number of thiophene rings is 1. The second-order valence-electron chi connectivity index (χ2n) is 16.5. The molecule has 0 amide bonds. The van der Waals surface area contributed by atoms with E-state index in [1.165, 1.54) is 97.7 Å². The minimum atomic E-state index is 0.876. The number of rotatable bonds is 6. The van der Waals surface area contributed by atoms with Crippen LogP contribution >= 0.6 is 11.3 Å². The van der Waals surface area contributed by atoms with Gasteiger partial charge < -0.3 is 0 Å². The number of aromatic nitrogens is 2. The van der Waals surface area contributed by atoms with Crippen molar-refractivity contribution in [2.75, 3.05) is 0 Å². The predicted molar refractivity (Wildman–Crippen MR) is 265 cm³/mol. The van der Waals surface area contributed by atoms with Gasteiger partial charge in [-0.2, -0.15) is 0 Å². The number of hydrogen-bond acceptors (Lipinski definition) is 3. The van der Waals surface area contributed by atoms with Crippen molar-refractivity contribution in [1.82, 2.24) is 9.97 Å². The van der Waals surface area contributed by atoms with Gasteiger partial charge in [0.15, 0.2) is 0 Å². The number of allylic oxidation sites excluding steroid dienone is 1. The van der Waals surface area contributed by atoms with Crippen LogP contribution in [0.2, 0.25) is 0 Å². The highest BCUT2D eigenvalue weighted by atomic mass is 32.1. The second-order valence-corrected chi connectivity index (χ2v) is 17.5. The van der Waals surface area contributed by atoms with Crippen LogP contribution in [0.15, 0.2) is 194 Å². The van der Waals surface area contributed by atoms with Crippen molar-refractivity contribution >= 4 is 59.4 Å². The third-order valence-corrected chi connectivity index (χ3v) is 13.9. The van der Waals surface area contributed by atoms with E-state index in [1.54, 1.807) is 0 Å². The van der Waals surface area contributed by atoms with Crippen LogP contribution in [-0.4, -0.2) is 9.97 Å². The normalized spacial score (nSPS) is 12.4. The average Bonchev–Trinajstić information content (AvgIpc) is 3.72.